The Morgan fingerprint density at radius 2 is 2.26 bits per heavy atom. The number of aryl methyl sites for hydroxylation is 1. The number of hydrogen-bond donors (Lipinski definition) is 2. The lowest BCUT2D eigenvalue weighted by molar-refractivity contribution is -0.119. The van der Waals surface area contributed by atoms with Crippen molar-refractivity contribution in [2.75, 3.05) is 6.61 Å². The fraction of sp³-hybridized carbons (Fsp3) is 0.571. The molecule has 0 aliphatic heterocycles. The Morgan fingerprint density at radius 3 is 2.84 bits per heavy atom. The summed E-state index contributed by atoms with van der Waals surface area (Å²) in [7, 11) is 1.83. The van der Waals surface area contributed by atoms with Crippen LogP contribution in [-0.2, 0) is 11.8 Å². The van der Waals surface area contributed by atoms with Gasteiger partial charge in [-0.3, -0.25) is 9.48 Å². The predicted molar refractivity (Wildman–Crippen MR) is 73.3 cm³/mol. The minimum atomic E-state index is -0.422. The average molecular weight is 263 g/mol. The molecule has 1 saturated carbocycles. The van der Waals surface area contributed by atoms with Gasteiger partial charge < -0.3 is 10.4 Å². The maximum absolute atomic E-state index is 11.9. The first-order valence-corrected chi connectivity index (χ1v) is 6.73. The zero-order valence-corrected chi connectivity index (χ0v) is 11.3. The molecule has 5 heteroatoms. The van der Waals surface area contributed by atoms with Crippen LogP contribution < -0.4 is 5.32 Å². The van der Waals surface area contributed by atoms with Crippen molar-refractivity contribution in [2.45, 2.75) is 37.6 Å². The van der Waals surface area contributed by atoms with Crippen LogP contribution in [0.4, 0.5) is 0 Å². The summed E-state index contributed by atoms with van der Waals surface area (Å²) in [4.78, 5) is 11.9. The van der Waals surface area contributed by atoms with Crippen molar-refractivity contribution in [1.82, 2.24) is 15.1 Å². The Morgan fingerprint density at radius 1 is 1.53 bits per heavy atom. The molecule has 1 heterocycles. The SMILES string of the molecule is Cn1cc(/C=C/C(=O)NC2(CO)CCCCC2)cn1. The molecule has 0 unspecified atom stereocenters. The van der Waals surface area contributed by atoms with Crippen LogP contribution in [-0.4, -0.2) is 32.9 Å². The third-order valence-electron chi connectivity index (χ3n) is 3.65. The van der Waals surface area contributed by atoms with E-state index < -0.39 is 5.54 Å². The molecular weight excluding hydrogens is 242 g/mol. The highest BCUT2D eigenvalue weighted by atomic mass is 16.3. The van der Waals surface area contributed by atoms with Gasteiger partial charge in [0.15, 0.2) is 0 Å². The van der Waals surface area contributed by atoms with Crippen LogP contribution >= 0.6 is 0 Å². The van der Waals surface area contributed by atoms with Gasteiger partial charge in [0.05, 0.1) is 18.3 Å². The van der Waals surface area contributed by atoms with Gasteiger partial charge in [0.2, 0.25) is 5.91 Å². The number of aliphatic hydroxyl groups is 1. The summed E-state index contributed by atoms with van der Waals surface area (Å²) in [5.41, 5.74) is 0.466. The van der Waals surface area contributed by atoms with Gasteiger partial charge in [-0.15, -0.1) is 0 Å². The highest BCUT2D eigenvalue weighted by molar-refractivity contribution is 5.92. The molecular formula is C14H21N3O2. The Labute approximate surface area is 113 Å². The molecule has 0 saturated heterocycles. The number of rotatable bonds is 4. The van der Waals surface area contributed by atoms with Gasteiger partial charge in [-0.05, 0) is 18.9 Å². The standard InChI is InChI=1S/C14H21N3O2/c1-17-10-12(9-15-17)5-6-13(19)16-14(11-18)7-3-2-4-8-14/h5-6,9-10,18H,2-4,7-8,11H2,1H3,(H,16,19)/b6-5+. The molecule has 19 heavy (non-hydrogen) atoms. The average Bonchev–Trinajstić information content (AvgIpc) is 2.83. The molecule has 1 aromatic rings. The van der Waals surface area contributed by atoms with Gasteiger partial charge in [-0.25, -0.2) is 0 Å². The van der Waals surface area contributed by atoms with Crippen LogP contribution in [0.25, 0.3) is 6.08 Å². The van der Waals surface area contributed by atoms with Gasteiger partial charge in [0.1, 0.15) is 0 Å². The molecule has 104 valence electrons. The van der Waals surface area contributed by atoms with Crippen LogP contribution in [0.1, 0.15) is 37.7 Å². The Kier molecular flexibility index (Phi) is 4.37. The number of carbonyl (C=O) groups is 1. The zero-order valence-electron chi connectivity index (χ0n) is 11.3. The number of hydrogen-bond acceptors (Lipinski definition) is 3. The minimum absolute atomic E-state index is 0.0134. The fourth-order valence-electron chi connectivity index (χ4n) is 2.55. The molecule has 1 aliphatic carbocycles. The Hall–Kier alpha value is -1.62. The summed E-state index contributed by atoms with van der Waals surface area (Å²) in [6.45, 7) is 0.0134. The molecule has 1 fully saturated rings. The van der Waals surface area contributed by atoms with Crippen molar-refractivity contribution in [3.63, 3.8) is 0 Å². The Bertz CT molecular complexity index is 459. The first-order valence-electron chi connectivity index (χ1n) is 6.73. The van der Waals surface area contributed by atoms with Crippen LogP contribution in [0.15, 0.2) is 18.5 Å². The smallest absolute Gasteiger partial charge is 0.244 e. The fourth-order valence-corrected chi connectivity index (χ4v) is 2.55. The van der Waals surface area contributed by atoms with E-state index in [1.807, 2.05) is 13.2 Å². The molecule has 5 nitrogen and oxygen atoms in total. The quantitative estimate of drug-likeness (QED) is 0.803. The summed E-state index contributed by atoms with van der Waals surface area (Å²) in [5.74, 6) is -0.153. The van der Waals surface area contributed by atoms with E-state index in [-0.39, 0.29) is 12.5 Å². The monoisotopic (exact) mass is 263 g/mol. The first kappa shape index (κ1) is 13.8. The predicted octanol–water partition coefficient (Wildman–Crippen LogP) is 1.24. The highest BCUT2D eigenvalue weighted by Crippen LogP contribution is 2.27. The molecule has 1 aliphatic rings. The molecule has 1 aromatic heterocycles. The van der Waals surface area contributed by atoms with Gasteiger partial charge in [-0.2, -0.15) is 5.10 Å². The van der Waals surface area contributed by atoms with Crippen molar-refractivity contribution in [1.29, 1.82) is 0 Å². The topological polar surface area (TPSA) is 67.2 Å². The van der Waals surface area contributed by atoms with Crippen molar-refractivity contribution in [3.05, 3.63) is 24.0 Å². The lowest BCUT2D eigenvalue weighted by Crippen LogP contribution is -2.52. The second-order valence-corrected chi connectivity index (χ2v) is 5.27. The van der Waals surface area contributed by atoms with Gasteiger partial charge >= 0.3 is 0 Å². The van der Waals surface area contributed by atoms with E-state index in [9.17, 15) is 9.90 Å². The molecule has 2 rings (SSSR count). The summed E-state index contributed by atoms with van der Waals surface area (Å²) in [5, 5.41) is 16.5. The van der Waals surface area contributed by atoms with E-state index in [2.05, 4.69) is 10.4 Å². The van der Waals surface area contributed by atoms with E-state index in [0.29, 0.717) is 0 Å². The molecule has 0 atom stereocenters. The van der Waals surface area contributed by atoms with Gasteiger partial charge in [-0.1, -0.05) is 19.3 Å². The normalized spacial score (nSPS) is 18.6. The van der Waals surface area contributed by atoms with E-state index in [1.165, 1.54) is 12.5 Å². The lowest BCUT2D eigenvalue weighted by atomic mass is 9.82. The molecule has 0 spiro atoms. The molecule has 2 N–H and O–H groups in total. The van der Waals surface area contributed by atoms with Crippen LogP contribution in [0.2, 0.25) is 0 Å². The number of carbonyl (C=O) groups excluding carboxylic acids is 1. The number of amides is 1. The van der Waals surface area contributed by atoms with E-state index in [1.54, 1.807) is 17.0 Å². The van der Waals surface area contributed by atoms with E-state index in [4.69, 9.17) is 0 Å². The second kappa shape index (κ2) is 6.02. The molecule has 0 bridgehead atoms. The third kappa shape index (κ3) is 3.67. The maximum Gasteiger partial charge on any atom is 0.244 e. The van der Waals surface area contributed by atoms with E-state index in [0.717, 1.165) is 31.2 Å². The van der Waals surface area contributed by atoms with Crippen molar-refractivity contribution >= 4 is 12.0 Å². The zero-order chi connectivity index (χ0) is 13.7. The minimum Gasteiger partial charge on any atom is -0.394 e. The van der Waals surface area contributed by atoms with Crippen molar-refractivity contribution < 1.29 is 9.90 Å². The number of nitrogens with zero attached hydrogens (tertiary/aromatic N) is 2. The number of aromatic nitrogens is 2. The molecule has 1 amide bonds. The number of nitrogens with one attached hydrogen (secondary N) is 1. The third-order valence-corrected chi connectivity index (χ3v) is 3.65. The summed E-state index contributed by atoms with van der Waals surface area (Å²) in [6.07, 6.45) is 11.8. The largest absolute Gasteiger partial charge is 0.394 e. The Balaban J connectivity index is 1.94. The van der Waals surface area contributed by atoms with Crippen molar-refractivity contribution in [2.24, 2.45) is 7.05 Å². The van der Waals surface area contributed by atoms with Crippen LogP contribution in [0, 0.1) is 0 Å². The number of aliphatic hydroxyl groups excluding tert-OH is 1. The van der Waals surface area contributed by atoms with Gasteiger partial charge in [0.25, 0.3) is 0 Å². The molecule has 0 radical (unpaired) electrons. The second-order valence-electron chi connectivity index (χ2n) is 5.27. The van der Waals surface area contributed by atoms with Crippen molar-refractivity contribution in [3.8, 4) is 0 Å². The summed E-state index contributed by atoms with van der Waals surface area (Å²) in [6, 6.07) is 0. The van der Waals surface area contributed by atoms with E-state index >= 15 is 0 Å². The van der Waals surface area contributed by atoms with Crippen LogP contribution in [0.5, 0.6) is 0 Å². The first-order chi connectivity index (χ1) is 9.13. The highest BCUT2D eigenvalue weighted by Gasteiger charge is 2.32. The summed E-state index contributed by atoms with van der Waals surface area (Å²) >= 11 is 0. The molecule has 0 aromatic carbocycles. The van der Waals surface area contributed by atoms with Gasteiger partial charge in [0, 0.05) is 24.9 Å². The maximum atomic E-state index is 11.9. The summed E-state index contributed by atoms with van der Waals surface area (Å²) < 4.78 is 1.69. The van der Waals surface area contributed by atoms with Crippen LogP contribution in [0.3, 0.4) is 0 Å². The lowest BCUT2D eigenvalue weighted by Gasteiger charge is -2.36.